The van der Waals surface area contributed by atoms with E-state index in [-0.39, 0.29) is 34.2 Å². The van der Waals surface area contributed by atoms with E-state index in [1.54, 1.807) is 0 Å². The molecular weight excluding hydrogens is 505 g/mol. The van der Waals surface area contributed by atoms with Crippen LogP contribution in [0.3, 0.4) is 0 Å². The second kappa shape index (κ2) is 9.64. The monoisotopic (exact) mass is 526 g/mol. The molecule has 1 amide bonds. The first-order valence-electron chi connectivity index (χ1n) is 10.5. The maximum absolute atomic E-state index is 13.0. The smallest absolute Gasteiger partial charge is 0.435 e. The number of sulfonamides is 1. The number of halogens is 3. The Morgan fingerprint density at radius 3 is 2.39 bits per heavy atom. The maximum atomic E-state index is 13.0. The van der Waals surface area contributed by atoms with Crippen molar-refractivity contribution in [2.24, 2.45) is 0 Å². The summed E-state index contributed by atoms with van der Waals surface area (Å²) in [5.74, 6) is -0.655. The second-order valence-electron chi connectivity index (χ2n) is 7.84. The van der Waals surface area contributed by atoms with E-state index in [1.807, 2.05) is 0 Å². The number of amides is 1. The molecule has 2 heterocycles. The van der Waals surface area contributed by atoms with Gasteiger partial charge in [-0.25, -0.2) is 8.42 Å². The molecule has 0 atom stereocenters. The van der Waals surface area contributed by atoms with Crippen molar-refractivity contribution >= 4 is 27.4 Å². The van der Waals surface area contributed by atoms with Crippen LogP contribution >= 0.6 is 0 Å². The minimum atomic E-state index is -4.61. The summed E-state index contributed by atoms with van der Waals surface area (Å²) in [6, 6.07) is 7.33. The largest absolute Gasteiger partial charge is 0.481 e. The van der Waals surface area contributed by atoms with E-state index in [0.717, 1.165) is 23.6 Å². The van der Waals surface area contributed by atoms with Crippen LogP contribution in [0.4, 0.5) is 24.7 Å². The normalized spacial score (nSPS) is 13.8. The molecule has 15 heteroatoms. The third-order valence-electron chi connectivity index (χ3n) is 5.15. The Kier molecular flexibility index (Phi) is 6.75. The average molecular weight is 526 g/mol. The Labute approximate surface area is 203 Å². The van der Waals surface area contributed by atoms with Gasteiger partial charge < -0.3 is 14.8 Å². The zero-order chi connectivity index (χ0) is 26.1. The standard InChI is InChI=1S/C21H21F3N6O5S/c1-34-19-10-17(26-20(27-19)35-2)29-36(32,33)14-7-5-13(6-8-14)25-18(31)11-30-15(12-3-4-12)9-16(28-30)21(22,23)24/h5-10,12H,3-4,11H2,1-2H3,(H,25,31)(H,26,27,29). The molecule has 1 aromatic carbocycles. The zero-order valence-electron chi connectivity index (χ0n) is 19.0. The lowest BCUT2D eigenvalue weighted by atomic mass is 10.2. The lowest BCUT2D eigenvalue weighted by Crippen LogP contribution is -2.21. The molecule has 4 rings (SSSR count). The van der Waals surface area contributed by atoms with Gasteiger partial charge in [0.1, 0.15) is 6.54 Å². The molecule has 0 bridgehead atoms. The Morgan fingerprint density at radius 2 is 1.81 bits per heavy atom. The van der Waals surface area contributed by atoms with Crippen LogP contribution in [0.5, 0.6) is 11.9 Å². The number of anilines is 2. The fraction of sp³-hybridized carbons (Fsp3) is 0.333. The van der Waals surface area contributed by atoms with Gasteiger partial charge in [-0.3, -0.25) is 14.2 Å². The number of carbonyl (C=O) groups is 1. The number of carbonyl (C=O) groups excluding carboxylic acids is 1. The number of methoxy groups -OCH3 is 2. The van der Waals surface area contributed by atoms with Crippen molar-refractivity contribution < 1.29 is 35.9 Å². The molecule has 0 spiro atoms. The van der Waals surface area contributed by atoms with Gasteiger partial charge >= 0.3 is 12.2 Å². The molecule has 1 aliphatic carbocycles. The summed E-state index contributed by atoms with van der Waals surface area (Å²) in [6.45, 7) is -0.416. The number of rotatable bonds is 9. The minimum absolute atomic E-state index is 0.0480. The number of nitrogens with zero attached hydrogens (tertiary/aromatic N) is 4. The number of benzene rings is 1. The number of hydrogen-bond donors (Lipinski definition) is 2. The highest BCUT2D eigenvalue weighted by atomic mass is 32.2. The summed E-state index contributed by atoms with van der Waals surface area (Å²) in [5.41, 5.74) is -0.429. The number of hydrogen-bond acceptors (Lipinski definition) is 8. The average Bonchev–Trinajstić information content (AvgIpc) is 3.57. The summed E-state index contributed by atoms with van der Waals surface area (Å²) >= 11 is 0. The highest BCUT2D eigenvalue weighted by molar-refractivity contribution is 7.92. The molecule has 0 radical (unpaired) electrons. The summed E-state index contributed by atoms with van der Waals surface area (Å²) in [6.07, 6.45) is -3.13. The molecule has 0 aliphatic heterocycles. The highest BCUT2D eigenvalue weighted by Gasteiger charge is 2.38. The van der Waals surface area contributed by atoms with Gasteiger partial charge in [0.05, 0.1) is 19.1 Å². The predicted octanol–water partition coefficient (Wildman–Crippen LogP) is 3.03. The first-order valence-corrected chi connectivity index (χ1v) is 12.0. The van der Waals surface area contributed by atoms with Crippen LogP contribution in [-0.4, -0.2) is 48.3 Å². The SMILES string of the molecule is COc1cc(NS(=O)(=O)c2ccc(NC(=O)Cn3nc(C(F)(F)F)cc3C3CC3)cc2)nc(OC)n1. The van der Waals surface area contributed by atoms with Crippen molar-refractivity contribution in [2.45, 2.75) is 36.4 Å². The van der Waals surface area contributed by atoms with Gasteiger partial charge in [-0.05, 0) is 43.2 Å². The second-order valence-corrected chi connectivity index (χ2v) is 9.53. The van der Waals surface area contributed by atoms with E-state index in [0.29, 0.717) is 5.69 Å². The first-order chi connectivity index (χ1) is 17.0. The zero-order valence-corrected chi connectivity index (χ0v) is 19.9. The Balaban J connectivity index is 1.44. The van der Waals surface area contributed by atoms with Crippen molar-refractivity contribution in [2.75, 3.05) is 24.3 Å². The summed E-state index contributed by atoms with van der Waals surface area (Å²) < 4.78 is 77.8. The number of nitrogens with one attached hydrogen (secondary N) is 2. The quantitative estimate of drug-likeness (QED) is 0.434. The van der Waals surface area contributed by atoms with Crippen molar-refractivity contribution in [1.29, 1.82) is 0 Å². The fourth-order valence-electron chi connectivity index (χ4n) is 3.31. The van der Waals surface area contributed by atoms with E-state index in [9.17, 15) is 26.4 Å². The minimum Gasteiger partial charge on any atom is -0.481 e. The van der Waals surface area contributed by atoms with Crippen LogP contribution in [-0.2, 0) is 27.5 Å². The lowest BCUT2D eigenvalue weighted by Gasteiger charge is -2.11. The topological polar surface area (TPSA) is 137 Å². The third kappa shape index (κ3) is 5.84. The van der Waals surface area contributed by atoms with Gasteiger partial charge in [0.15, 0.2) is 11.5 Å². The van der Waals surface area contributed by atoms with E-state index in [1.165, 1.54) is 44.6 Å². The molecule has 3 aromatic rings. The molecular formula is C21H21F3N6O5S. The number of aromatic nitrogens is 4. The maximum Gasteiger partial charge on any atom is 0.435 e. The van der Waals surface area contributed by atoms with Crippen LogP contribution in [0.25, 0.3) is 0 Å². The highest BCUT2D eigenvalue weighted by Crippen LogP contribution is 2.42. The van der Waals surface area contributed by atoms with Crippen LogP contribution in [0.1, 0.15) is 30.1 Å². The van der Waals surface area contributed by atoms with Gasteiger partial charge in [-0.15, -0.1) is 0 Å². The molecule has 0 saturated heterocycles. The molecule has 11 nitrogen and oxygen atoms in total. The van der Waals surface area contributed by atoms with E-state index < -0.39 is 34.3 Å². The van der Waals surface area contributed by atoms with Gasteiger partial charge in [0.2, 0.25) is 11.8 Å². The predicted molar refractivity (Wildman–Crippen MR) is 120 cm³/mol. The molecule has 1 fully saturated rings. The summed E-state index contributed by atoms with van der Waals surface area (Å²) in [7, 11) is -1.40. The molecule has 36 heavy (non-hydrogen) atoms. The van der Waals surface area contributed by atoms with Crippen LogP contribution < -0.4 is 19.5 Å². The van der Waals surface area contributed by atoms with Crippen LogP contribution in [0, 0.1) is 0 Å². The molecule has 192 valence electrons. The van der Waals surface area contributed by atoms with E-state index >= 15 is 0 Å². The van der Waals surface area contributed by atoms with Crippen molar-refractivity contribution in [1.82, 2.24) is 19.7 Å². The Morgan fingerprint density at radius 1 is 1.11 bits per heavy atom. The van der Waals surface area contributed by atoms with Gasteiger partial charge in [0.25, 0.3) is 10.0 Å². The lowest BCUT2D eigenvalue weighted by molar-refractivity contribution is -0.141. The molecule has 1 saturated carbocycles. The van der Waals surface area contributed by atoms with E-state index in [4.69, 9.17) is 9.47 Å². The van der Waals surface area contributed by atoms with Crippen LogP contribution in [0.2, 0.25) is 0 Å². The van der Waals surface area contributed by atoms with E-state index in [2.05, 4.69) is 25.1 Å². The Bertz CT molecular complexity index is 1350. The third-order valence-corrected chi connectivity index (χ3v) is 6.52. The van der Waals surface area contributed by atoms with Gasteiger partial charge in [-0.2, -0.15) is 28.2 Å². The summed E-state index contributed by atoms with van der Waals surface area (Å²) in [4.78, 5) is 20.1. The van der Waals surface area contributed by atoms with Crippen molar-refractivity contribution in [3.8, 4) is 11.9 Å². The number of alkyl halides is 3. The number of ether oxygens (including phenoxy) is 2. The van der Waals surface area contributed by atoms with Crippen LogP contribution in [0.15, 0.2) is 41.3 Å². The van der Waals surface area contributed by atoms with Gasteiger partial charge in [0, 0.05) is 23.4 Å². The Hall–Kier alpha value is -3.88. The molecule has 1 aliphatic rings. The molecule has 2 aromatic heterocycles. The molecule has 0 unspecified atom stereocenters. The van der Waals surface area contributed by atoms with Crippen molar-refractivity contribution in [3.63, 3.8) is 0 Å². The molecule has 2 N–H and O–H groups in total. The van der Waals surface area contributed by atoms with Gasteiger partial charge in [-0.1, -0.05) is 0 Å². The summed E-state index contributed by atoms with van der Waals surface area (Å²) in [5, 5.41) is 6.08. The first kappa shape index (κ1) is 25.2. The fourth-order valence-corrected chi connectivity index (χ4v) is 4.30. The van der Waals surface area contributed by atoms with Crippen molar-refractivity contribution in [3.05, 3.63) is 47.8 Å².